The lowest BCUT2D eigenvalue weighted by molar-refractivity contribution is 0.493. The molecular weight excluding hydrogens is 243 g/mol. The van der Waals surface area contributed by atoms with Gasteiger partial charge in [0.25, 0.3) is 0 Å². The largest absolute Gasteiger partial charge is 0.398 e. The number of anilines is 1. The Morgan fingerprint density at radius 2 is 2.12 bits per heavy atom. The molecule has 0 saturated carbocycles. The summed E-state index contributed by atoms with van der Waals surface area (Å²) >= 11 is 0. The first-order chi connectivity index (χ1) is 7.75. The van der Waals surface area contributed by atoms with Gasteiger partial charge in [-0.05, 0) is 25.1 Å². The molecule has 0 radical (unpaired) electrons. The first-order valence-corrected chi connectivity index (χ1v) is 6.35. The van der Waals surface area contributed by atoms with Crippen molar-refractivity contribution in [1.82, 2.24) is 4.31 Å². The van der Waals surface area contributed by atoms with Crippen LogP contribution in [0.1, 0.15) is 6.92 Å². The van der Waals surface area contributed by atoms with Gasteiger partial charge in [0.05, 0.1) is 5.69 Å². The summed E-state index contributed by atoms with van der Waals surface area (Å²) in [5.41, 5.74) is 6.11. The highest BCUT2D eigenvalue weighted by Crippen LogP contribution is 2.22. The van der Waals surface area contributed by atoms with Gasteiger partial charge in [0.15, 0.2) is 0 Å². The third-order valence-electron chi connectivity index (χ3n) is 2.15. The van der Waals surface area contributed by atoms with E-state index in [9.17, 15) is 12.8 Å². The topological polar surface area (TPSA) is 63.4 Å². The van der Waals surface area contributed by atoms with E-state index in [0.29, 0.717) is 5.57 Å². The van der Waals surface area contributed by atoms with Crippen LogP contribution in [0.15, 0.2) is 35.2 Å². The number of hydrogen-bond donors (Lipinski definition) is 1. The average molecular weight is 258 g/mol. The van der Waals surface area contributed by atoms with Crippen molar-refractivity contribution in [2.75, 3.05) is 19.3 Å². The smallest absolute Gasteiger partial charge is 0.245 e. The van der Waals surface area contributed by atoms with Gasteiger partial charge in [-0.3, -0.25) is 0 Å². The van der Waals surface area contributed by atoms with Crippen molar-refractivity contribution >= 4 is 15.7 Å². The zero-order valence-electron chi connectivity index (χ0n) is 9.77. The van der Waals surface area contributed by atoms with Crippen molar-refractivity contribution < 1.29 is 12.8 Å². The van der Waals surface area contributed by atoms with E-state index in [2.05, 4.69) is 6.58 Å². The molecule has 0 aliphatic heterocycles. The first-order valence-electron chi connectivity index (χ1n) is 4.91. The zero-order chi connectivity index (χ0) is 13.2. The molecule has 0 bridgehead atoms. The Balaban J connectivity index is 3.17. The van der Waals surface area contributed by atoms with Crippen LogP contribution >= 0.6 is 0 Å². The van der Waals surface area contributed by atoms with Gasteiger partial charge in [0.2, 0.25) is 10.0 Å². The summed E-state index contributed by atoms with van der Waals surface area (Å²) in [6.07, 6.45) is 0. The Hall–Kier alpha value is -1.40. The second kappa shape index (κ2) is 4.85. The minimum atomic E-state index is -3.70. The van der Waals surface area contributed by atoms with Gasteiger partial charge in [-0.2, -0.15) is 4.31 Å². The number of likely N-dealkylation sites (N-methyl/N-ethyl adjacent to an activating group) is 1. The Bertz CT molecular complexity index is 540. The highest BCUT2D eigenvalue weighted by atomic mass is 32.2. The van der Waals surface area contributed by atoms with E-state index in [0.717, 1.165) is 22.5 Å². The normalized spacial score (nSPS) is 11.8. The molecule has 4 nitrogen and oxygen atoms in total. The number of rotatable bonds is 4. The molecule has 1 aromatic rings. The Morgan fingerprint density at radius 3 is 2.59 bits per heavy atom. The number of nitrogen functional groups attached to an aromatic ring is 1. The predicted molar refractivity (Wildman–Crippen MR) is 65.4 cm³/mol. The Morgan fingerprint density at radius 1 is 1.53 bits per heavy atom. The molecule has 94 valence electrons. The minimum Gasteiger partial charge on any atom is -0.398 e. The molecule has 0 heterocycles. The second-order valence-electron chi connectivity index (χ2n) is 3.90. The number of nitrogens with zero attached hydrogens (tertiary/aromatic N) is 1. The number of benzene rings is 1. The van der Waals surface area contributed by atoms with Crippen LogP contribution in [-0.2, 0) is 10.0 Å². The van der Waals surface area contributed by atoms with E-state index in [4.69, 9.17) is 5.73 Å². The maximum absolute atomic E-state index is 12.8. The van der Waals surface area contributed by atoms with Gasteiger partial charge in [0.1, 0.15) is 10.7 Å². The molecule has 17 heavy (non-hydrogen) atoms. The van der Waals surface area contributed by atoms with Crippen LogP contribution in [0.25, 0.3) is 0 Å². The van der Waals surface area contributed by atoms with Crippen LogP contribution in [0.2, 0.25) is 0 Å². The summed E-state index contributed by atoms with van der Waals surface area (Å²) in [7, 11) is -2.28. The van der Waals surface area contributed by atoms with Crippen LogP contribution in [-0.4, -0.2) is 26.3 Å². The summed E-state index contributed by atoms with van der Waals surface area (Å²) in [5.74, 6) is -0.566. The standard InChI is InChI=1S/C11H15FN2O2S/c1-8(2)7-14(3)17(15,16)11-5-4-9(12)6-10(11)13/h4-6H,1,7,13H2,2-3H3. The van der Waals surface area contributed by atoms with Crippen LogP contribution in [0, 0.1) is 5.82 Å². The zero-order valence-corrected chi connectivity index (χ0v) is 10.6. The summed E-state index contributed by atoms with van der Waals surface area (Å²) in [6.45, 7) is 5.56. The molecule has 0 aliphatic rings. The second-order valence-corrected chi connectivity index (χ2v) is 5.91. The highest BCUT2D eigenvalue weighted by Gasteiger charge is 2.23. The lowest BCUT2D eigenvalue weighted by Gasteiger charge is -2.18. The van der Waals surface area contributed by atoms with Gasteiger partial charge < -0.3 is 5.73 Å². The molecular formula is C11H15FN2O2S. The summed E-state index contributed by atoms with van der Waals surface area (Å²) in [4.78, 5) is -0.0948. The van der Waals surface area contributed by atoms with Crippen molar-refractivity contribution in [3.63, 3.8) is 0 Å². The molecule has 0 atom stereocenters. The molecule has 0 aromatic heterocycles. The van der Waals surface area contributed by atoms with Crippen molar-refractivity contribution in [1.29, 1.82) is 0 Å². The van der Waals surface area contributed by atoms with Gasteiger partial charge in [-0.15, -0.1) is 0 Å². The molecule has 0 spiro atoms. The van der Waals surface area contributed by atoms with Crippen LogP contribution in [0.3, 0.4) is 0 Å². The predicted octanol–water partition coefficient (Wildman–Crippen LogP) is 1.60. The molecule has 2 N–H and O–H groups in total. The molecule has 0 fully saturated rings. The molecule has 1 rings (SSSR count). The summed E-state index contributed by atoms with van der Waals surface area (Å²) in [5, 5.41) is 0. The van der Waals surface area contributed by atoms with Crippen LogP contribution < -0.4 is 5.73 Å². The van der Waals surface area contributed by atoms with Crippen LogP contribution in [0.4, 0.5) is 10.1 Å². The fourth-order valence-electron chi connectivity index (χ4n) is 1.39. The first kappa shape index (κ1) is 13.7. The molecule has 0 unspecified atom stereocenters. The van der Waals surface area contributed by atoms with E-state index in [1.165, 1.54) is 7.05 Å². The fraction of sp³-hybridized carbons (Fsp3) is 0.273. The molecule has 0 aliphatic carbocycles. The SMILES string of the molecule is C=C(C)CN(C)S(=O)(=O)c1ccc(F)cc1N. The van der Waals surface area contributed by atoms with Gasteiger partial charge in [0, 0.05) is 13.6 Å². The van der Waals surface area contributed by atoms with E-state index in [1.54, 1.807) is 6.92 Å². The van der Waals surface area contributed by atoms with Gasteiger partial charge in [-0.1, -0.05) is 12.2 Å². The lowest BCUT2D eigenvalue weighted by atomic mass is 10.3. The van der Waals surface area contributed by atoms with Gasteiger partial charge >= 0.3 is 0 Å². The maximum atomic E-state index is 12.8. The van der Waals surface area contributed by atoms with Crippen molar-refractivity contribution in [3.8, 4) is 0 Å². The number of sulfonamides is 1. The summed E-state index contributed by atoms with van der Waals surface area (Å²) in [6, 6.07) is 3.22. The Kier molecular flexibility index (Phi) is 3.90. The van der Waals surface area contributed by atoms with E-state index in [1.807, 2.05) is 0 Å². The molecule has 0 saturated heterocycles. The lowest BCUT2D eigenvalue weighted by Crippen LogP contribution is -2.29. The van der Waals surface area contributed by atoms with Crippen molar-refractivity contribution in [3.05, 3.63) is 36.2 Å². The molecule has 6 heteroatoms. The average Bonchev–Trinajstić information content (AvgIpc) is 2.15. The van der Waals surface area contributed by atoms with Gasteiger partial charge in [-0.25, -0.2) is 12.8 Å². The van der Waals surface area contributed by atoms with Crippen LogP contribution in [0.5, 0.6) is 0 Å². The third-order valence-corrected chi connectivity index (χ3v) is 4.03. The van der Waals surface area contributed by atoms with E-state index in [-0.39, 0.29) is 17.1 Å². The summed E-state index contributed by atoms with van der Waals surface area (Å²) < 4.78 is 38.1. The van der Waals surface area contributed by atoms with E-state index < -0.39 is 15.8 Å². The minimum absolute atomic E-state index is 0.0948. The number of halogens is 1. The van der Waals surface area contributed by atoms with E-state index >= 15 is 0 Å². The number of nitrogens with two attached hydrogens (primary N) is 1. The quantitative estimate of drug-likeness (QED) is 0.659. The molecule has 0 amide bonds. The number of hydrogen-bond acceptors (Lipinski definition) is 3. The fourth-order valence-corrected chi connectivity index (χ4v) is 2.71. The van der Waals surface area contributed by atoms with Crippen molar-refractivity contribution in [2.24, 2.45) is 0 Å². The monoisotopic (exact) mass is 258 g/mol. The highest BCUT2D eigenvalue weighted by molar-refractivity contribution is 7.89. The van der Waals surface area contributed by atoms with Crippen molar-refractivity contribution in [2.45, 2.75) is 11.8 Å². The molecule has 1 aromatic carbocycles. The third kappa shape index (κ3) is 3.04. The Labute approximate surface area is 101 Å². The maximum Gasteiger partial charge on any atom is 0.245 e.